The summed E-state index contributed by atoms with van der Waals surface area (Å²) in [6.45, 7) is 1.09. The van der Waals surface area contributed by atoms with Crippen molar-refractivity contribution in [2.24, 2.45) is 5.16 Å². The summed E-state index contributed by atoms with van der Waals surface area (Å²) in [4.78, 5) is 6.48. The first-order valence-electron chi connectivity index (χ1n) is 7.94. The van der Waals surface area contributed by atoms with Crippen LogP contribution in [0.2, 0.25) is 0 Å². The third-order valence-electron chi connectivity index (χ3n) is 4.49. The van der Waals surface area contributed by atoms with Crippen LogP contribution in [0.25, 0.3) is 0 Å². The number of oxime groups is 1. The molecule has 4 heteroatoms. The van der Waals surface area contributed by atoms with Crippen molar-refractivity contribution in [3.05, 3.63) is 33.5 Å². The molecule has 3 rings (SSSR count). The van der Waals surface area contributed by atoms with Crippen LogP contribution in [0.15, 0.2) is 33.8 Å². The van der Waals surface area contributed by atoms with Crippen LogP contribution in [0.1, 0.15) is 43.4 Å². The van der Waals surface area contributed by atoms with Crippen molar-refractivity contribution in [2.45, 2.75) is 51.0 Å². The van der Waals surface area contributed by atoms with Gasteiger partial charge in [-0.05, 0) is 62.0 Å². The van der Waals surface area contributed by atoms with Crippen LogP contribution in [0.5, 0.6) is 0 Å². The molecule has 3 nitrogen and oxygen atoms in total. The smallest absolute Gasteiger partial charge is 0.106 e. The standard InChI is InChI=1S/C17H24N2OS/c1-20-19-17-6-2-4-13-12-14(7-8-16(13)17)18-10-9-15-5-3-11-21-15/h3,5,11,14,18H,2,4,6-10,12H2,1H3. The molecule has 114 valence electrons. The number of thiophene rings is 1. The summed E-state index contributed by atoms with van der Waals surface area (Å²) < 4.78 is 0. The van der Waals surface area contributed by atoms with Crippen molar-refractivity contribution >= 4 is 17.0 Å². The van der Waals surface area contributed by atoms with Gasteiger partial charge in [0, 0.05) is 17.5 Å². The van der Waals surface area contributed by atoms with Gasteiger partial charge in [-0.25, -0.2) is 0 Å². The fraction of sp³-hybridized carbons (Fsp3) is 0.588. The Balaban J connectivity index is 1.54. The van der Waals surface area contributed by atoms with Crippen LogP contribution < -0.4 is 5.32 Å². The fourth-order valence-corrected chi connectivity index (χ4v) is 4.19. The first kappa shape index (κ1) is 14.8. The van der Waals surface area contributed by atoms with Gasteiger partial charge in [-0.2, -0.15) is 0 Å². The predicted octanol–water partition coefficient (Wildman–Crippen LogP) is 3.92. The van der Waals surface area contributed by atoms with Gasteiger partial charge in [-0.3, -0.25) is 0 Å². The summed E-state index contributed by atoms with van der Waals surface area (Å²) in [5.41, 5.74) is 4.33. The molecule has 0 aliphatic heterocycles. The number of rotatable bonds is 5. The van der Waals surface area contributed by atoms with Crippen LogP contribution in [0.3, 0.4) is 0 Å². The van der Waals surface area contributed by atoms with E-state index in [1.807, 2.05) is 11.3 Å². The van der Waals surface area contributed by atoms with Crippen molar-refractivity contribution in [1.82, 2.24) is 5.32 Å². The summed E-state index contributed by atoms with van der Waals surface area (Å²) >= 11 is 1.85. The second-order valence-electron chi connectivity index (χ2n) is 5.88. The van der Waals surface area contributed by atoms with Gasteiger partial charge < -0.3 is 10.2 Å². The molecular weight excluding hydrogens is 280 g/mol. The van der Waals surface area contributed by atoms with Crippen LogP contribution in [-0.4, -0.2) is 25.4 Å². The zero-order valence-electron chi connectivity index (χ0n) is 12.7. The highest BCUT2D eigenvalue weighted by atomic mass is 32.1. The zero-order chi connectivity index (χ0) is 14.5. The number of nitrogens with zero attached hydrogens (tertiary/aromatic N) is 1. The van der Waals surface area contributed by atoms with Crippen LogP contribution in [0.4, 0.5) is 0 Å². The predicted molar refractivity (Wildman–Crippen MR) is 89.0 cm³/mol. The summed E-state index contributed by atoms with van der Waals surface area (Å²) in [5, 5.41) is 10.1. The quantitative estimate of drug-likeness (QED) is 0.837. The van der Waals surface area contributed by atoms with Crippen molar-refractivity contribution in [3.63, 3.8) is 0 Å². The maximum atomic E-state index is 5.00. The van der Waals surface area contributed by atoms with Gasteiger partial charge in [0.15, 0.2) is 0 Å². The van der Waals surface area contributed by atoms with E-state index >= 15 is 0 Å². The third kappa shape index (κ3) is 3.74. The largest absolute Gasteiger partial charge is 0.399 e. The topological polar surface area (TPSA) is 33.6 Å². The lowest BCUT2D eigenvalue weighted by atomic mass is 9.79. The van der Waals surface area contributed by atoms with Gasteiger partial charge in [0.1, 0.15) is 7.11 Å². The molecule has 2 aliphatic rings. The lowest BCUT2D eigenvalue weighted by molar-refractivity contribution is 0.212. The van der Waals surface area contributed by atoms with Crippen molar-refractivity contribution in [3.8, 4) is 0 Å². The molecule has 1 aromatic heterocycles. The van der Waals surface area contributed by atoms with Gasteiger partial charge in [0.05, 0.1) is 5.71 Å². The van der Waals surface area contributed by atoms with E-state index in [9.17, 15) is 0 Å². The highest BCUT2D eigenvalue weighted by Crippen LogP contribution is 2.34. The molecule has 1 aromatic rings. The number of hydrogen-bond acceptors (Lipinski definition) is 4. The van der Waals surface area contributed by atoms with Gasteiger partial charge in [0.25, 0.3) is 0 Å². The van der Waals surface area contributed by atoms with Crippen LogP contribution in [0, 0.1) is 0 Å². The maximum Gasteiger partial charge on any atom is 0.106 e. The molecule has 0 bridgehead atoms. The van der Waals surface area contributed by atoms with Gasteiger partial charge >= 0.3 is 0 Å². The molecule has 0 saturated carbocycles. The fourth-order valence-electron chi connectivity index (χ4n) is 3.48. The molecular formula is C17H24N2OS. The Bertz CT molecular complexity index is 519. The van der Waals surface area contributed by atoms with E-state index in [1.165, 1.54) is 41.8 Å². The van der Waals surface area contributed by atoms with E-state index in [0.717, 1.165) is 25.8 Å². The number of nitrogens with one attached hydrogen (secondary N) is 1. The van der Waals surface area contributed by atoms with E-state index in [0.29, 0.717) is 6.04 Å². The lowest BCUT2D eigenvalue weighted by Gasteiger charge is -2.31. The normalized spacial score (nSPS) is 24.2. The Morgan fingerprint density at radius 1 is 1.38 bits per heavy atom. The Hall–Kier alpha value is -1.13. The lowest BCUT2D eigenvalue weighted by Crippen LogP contribution is -2.35. The highest BCUT2D eigenvalue weighted by molar-refractivity contribution is 7.09. The molecule has 0 spiro atoms. The van der Waals surface area contributed by atoms with E-state index in [4.69, 9.17) is 4.84 Å². The highest BCUT2D eigenvalue weighted by Gasteiger charge is 2.26. The maximum absolute atomic E-state index is 5.00. The first-order chi connectivity index (χ1) is 10.4. The molecule has 0 amide bonds. The minimum absolute atomic E-state index is 0.644. The average Bonchev–Trinajstić information content (AvgIpc) is 3.01. The minimum atomic E-state index is 0.644. The minimum Gasteiger partial charge on any atom is -0.399 e. The molecule has 1 N–H and O–H groups in total. The summed E-state index contributed by atoms with van der Waals surface area (Å²) in [7, 11) is 1.65. The molecule has 0 fully saturated rings. The van der Waals surface area contributed by atoms with Gasteiger partial charge in [-0.1, -0.05) is 16.8 Å². The first-order valence-corrected chi connectivity index (χ1v) is 8.82. The van der Waals surface area contributed by atoms with Crippen molar-refractivity contribution in [2.75, 3.05) is 13.7 Å². The van der Waals surface area contributed by atoms with E-state index < -0.39 is 0 Å². The molecule has 0 radical (unpaired) electrons. The Kier molecular flexibility index (Phi) is 5.09. The molecule has 2 aliphatic carbocycles. The molecule has 1 unspecified atom stereocenters. The van der Waals surface area contributed by atoms with E-state index in [1.54, 1.807) is 12.7 Å². The second-order valence-corrected chi connectivity index (χ2v) is 6.91. The second kappa shape index (κ2) is 7.23. The number of hydrogen-bond donors (Lipinski definition) is 1. The SMILES string of the molecule is CON=C1CCCC2=C1CCC(NCCc1cccs1)C2. The van der Waals surface area contributed by atoms with Crippen molar-refractivity contribution in [1.29, 1.82) is 0 Å². The molecule has 21 heavy (non-hydrogen) atoms. The Labute approximate surface area is 131 Å². The Morgan fingerprint density at radius 3 is 3.14 bits per heavy atom. The average molecular weight is 304 g/mol. The molecule has 1 atom stereocenters. The van der Waals surface area contributed by atoms with Crippen molar-refractivity contribution < 1.29 is 4.84 Å². The van der Waals surface area contributed by atoms with E-state index in [2.05, 4.69) is 28.0 Å². The third-order valence-corrected chi connectivity index (χ3v) is 5.43. The van der Waals surface area contributed by atoms with Gasteiger partial charge in [-0.15, -0.1) is 11.3 Å². The Morgan fingerprint density at radius 2 is 2.33 bits per heavy atom. The monoisotopic (exact) mass is 304 g/mol. The molecule has 1 heterocycles. The summed E-state index contributed by atoms with van der Waals surface area (Å²) in [6.07, 6.45) is 8.30. The van der Waals surface area contributed by atoms with E-state index in [-0.39, 0.29) is 0 Å². The zero-order valence-corrected chi connectivity index (χ0v) is 13.5. The number of allylic oxidation sites excluding steroid dienone is 1. The van der Waals surface area contributed by atoms with Gasteiger partial charge in [0.2, 0.25) is 0 Å². The van der Waals surface area contributed by atoms with Crippen LogP contribution >= 0.6 is 11.3 Å². The summed E-state index contributed by atoms with van der Waals surface area (Å²) in [6, 6.07) is 5.00. The molecule has 0 aromatic carbocycles. The summed E-state index contributed by atoms with van der Waals surface area (Å²) in [5.74, 6) is 0. The molecule has 0 saturated heterocycles. The van der Waals surface area contributed by atoms with Crippen LogP contribution in [-0.2, 0) is 11.3 Å².